The van der Waals surface area contributed by atoms with Crippen LogP contribution in [0.25, 0.3) is 0 Å². The van der Waals surface area contributed by atoms with Crippen LogP contribution in [0.3, 0.4) is 0 Å². The number of rotatable bonds is 1. The summed E-state index contributed by atoms with van der Waals surface area (Å²) in [6, 6.07) is 0. The molecule has 4 nitrogen and oxygen atoms in total. The molecule has 0 saturated carbocycles. The predicted octanol–water partition coefficient (Wildman–Crippen LogP) is 1.51. The van der Waals surface area contributed by atoms with Crippen molar-refractivity contribution in [2.45, 2.75) is 18.8 Å². The van der Waals surface area contributed by atoms with Crippen LogP contribution in [0.15, 0.2) is 9.32 Å². The van der Waals surface area contributed by atoms with E-state index in [1.165, 1.54) is 0 Å². The molecular formula is C7H9BrN2O2. The average Bonchev–Trinajstić information content (AvgIpc) is 2.59. The molecule has 0 bridgehead atoms. The van der Waals surface area contributed by atoms with Gasteiger partial charge in [-0.1, -0.05) is 5.16 Å². The summed E-state index contributed by atoms with van der Waals surface area (Å²) >= 11 is 3.12. The van der Waals surface area contributed by atoms with Crippen molar-refractivity contribution in [1.29, 1.82) is 0 Å². The van der Waals surface area contributed by atoms with Crippen molar-refractivity contribution in [3.63, 3.8) is 0 Å². The molecule has 0 aromatic carbocycles. The van der Waals surface area contributed by atoms with Gasteiger partial charge in [-0.15, -0.1) is 0 Å². The second kappa shape index (κ2) is 2.81. The maximum atomic E-state index is 5.29. The minimum absolute atomic E-state index is 0.0600. The summed E-state index contributed by atoms with van der Waals surface area (Å²) in [5.41, 5.74) is -0.0600. The summed E-state index contributed by atoms with van der Waals surface area (Å²) in [5, 5.41) is 3.86. The van der Waals surface area contributed by atoms with E-state index in [0.29, 0.717) is 11.4 Å². The fourth-order valence-electron chi connectivity index (χ4n) is 1.29. The third kappa shape index (κ3) is 1.27. The van der Waals surface area contributed by atoms with E-state index >= 15 is 0 Å². The molecule has 0 spiro atoms. The monoisotopic (exact) mass is 232 g/mol. The predicted molar refractivity (Wildman–Crippen MR) is 44.8 cm³/mol. The summed E-state index contributed by atoms with van der Waals surface area (Å²) in [4.78, 5) is 4.56. The summed E-state index contributed by atoms with van der Waals surface area (Å²) in [7, 11) is 0. The lowest BCUT2D eigenvalue weighted by Crippen LogP contribution is -2.23. The molecule has 1 aliphatic rings. The van der Waals surface area contributed by atoms with Crippen LogP contribution in [0.4, 0.5) is 0 Å². The van der Waals surface area contributed by atoms with E-state index < -0.39 is 0 Å². The van der Waals surface area contributed by atoms with Crippen LogP contribution in [-0.2, 0) is 10.2 Å². The Morgan fingerprint density at radius 2 is 2.42 bits per heavy atom. The lowest BCUT2D eigenvalue weighted by atomic mass is 9.89. The molecule has 1 atom stereocenters. The van der Waals surface area contributed by atoms with E-state index in [1.54, 1.807) is 0 Å². The second-order valence-corrected chi connectivity index (χ2v) is 3.91. The van der Waals surface area contributed by atoms with Gasteiger partial charge in [-0.2, -0.15) is 4.98 Å². The summed E-state index contributed by atoms with van der Waals surface area (Å²) in [5.74, 6) is 0.729. The molecule has 0 radical (unpaired) electrons. The van der Waals surface area contributed by atoms with E-state index in [4.69, 9.17) is 9.26 Å². The van der Waals surface area contributed by atoms with Crippen LogP contribution in [0.2, 0.25) is 0 Å². The summed E-state index contributed by atoms with van der Waals surface area (Å²) in [6.07, 6.45) is 0.957. The lowest BCUT2D eigenvalue weighted by Gasteiger charge is -2.15. The Hall–Kier alpha value is -0.420. The van der Waals surface area contributed by atoms with E-state index in [-0.39, 0.29) is 5.41 Å². The zero-order valence-corrected chi connectivity index (χ0v) is 8.30. The Labute approximate surface area is 78.4 Å². The molecule has 0 amide bonds. The van der Waals surface area contributed by atoms with Crippen LogP contribution >= 0.6 is 15.9 Å². The third-order valence-electron chi connectivity index (χ3n) is 2.16. The number of nitrogens with zero attached hydrogens (tertiary/aromatic N) is 2. The van der Waals surface area contributed by atoms with Crippen LogP contribution in [0.1, 0.15) is 19.2 Å². The molecule has 1 aromatic heterocycles. The van der Waals surface area contributed by atoms with Gasteiger partial charge in [0.05, 0.1) is 12.0 Å². The fraction of sp³-hybridized carbons (Fsp3) is 0.714. The van der Waals surface area contributed by atoms with E-state index in [1.807, 2.05) is 0 Å². The van der Waals surface area contributed by atoms with E-state index in [0.717, 1.165) is 18.9 Å². The number of halogens is 1. The molecule has 66 valence electrons. The number of hydrogen-bond acceptors (Lipinski definition) is 4. The summed E-state index contributed by atoms with van der Waals surface area (Å²) in [6.45, 7) is 3.54. The van der Waals surface area contributed by atoms with E-state index in [9.17, 15) is 0 Å². The van der Waals surface area contributed by atoms with Gasteiger partial charge in [-0.25, -0.2) is 0 Å². The molecule has 0 aliphatic carbocycles. The Bertz CT molecular complexity index is 281. The van der Waals surface area contributed by atoms with Crippen molar-refractivity contribution in [2.75, 3.05) is 13.2 Å². The molecule has 5 heteroatoms. The van der Waals surface area contributed by atoms with Gasteiger partial charge in [0, 0.05) is 22.5 Å². The highest BCUT2D eigenvalue weighted by Gasteiger charge is 2.36. The van der Waals surface area contributed by atoms with Crippen molar-refractivity contribution in [1.82, 2.24) is 10.1 Å². The number of aromatic nitrogens is 2. The van der Waals surface area contributed by atoms with Crippen LogP contribution in [0, 0.1) is 0 Å². The van der Waals surface area contributed by atoms with Gasteiger partial charge in [0.25, 0.3) is 4.80 Å². The smallest absolute Gasteiger partial charge is 0.293 e. The molecule has 1 aliphatic heterocycles. The van der Waals surface area contributed by atoms with Gasteiger partial charge in [-0.05, 0) is 13.3 Å². The highest BCUT2D eigenvalue weighted by Crippen LogP contribution is 2.30. The molecule has 1 saturated heterocycles. The first kappa shape index (κ1) is 8.19. The minimum atomic E-state index is -0.0600. The molecule has 1 unspecified atom stereocenters. The van der Waals surface area contributed by atoms with Crippen molar-refractivity contribution >= 4 is 15.9 Å². The molecule has 2 heterocycles. The largest absolute Gasteiger partial charge is 0.380 e. The Morgan fingerprint density at radius 1 is 1.58 bits per heavy atom. The highest BCUT2D eigenvalue weighted by atomic mass is 79.9. The zero-order chi connectivity index (χ0) is 8.60. The van der Waals surface area contributed by atoms with Gasteiger partial charge >= 0.3 is 0 Å². The minimum Gasteiger partial charge on any atom is -0.380 e. The topological polar surface area (TPSA) is 48.2 Å². The van der Waals surface area contributed by atoms with Gasteiger partial charge in [0.2, 0.25) is 0 Å². The highest BCUT2D eigenvalue weighted by molar-refractivity contribution is 9.10. The molecule has 12 heavy (non-hydrogen) atoms. The van der Waals surface area contributed by atoms with Crippen LogP contribution in [-0.4, -0.2) is 23.4 Å². The normalized spacial score (nSPS) is 29.5. The van der Waals surface area contributed by atoms with E-state index in [2.05, 4.69) is 33.0 Å². The molecule has 1 aromatic rings. The maximum Gasteiger partial charge on any atom is 0.293 e. The summed E-state index contributed by atoms with van der Waals surface area (Å²) < 4.78 is 10.1. The van der Waals surface area contributed by atoms with Gasteiger partial charge in [-0.3, -0.25) is 0 Å². The van der Waals surface area contributed by atoms with Gasteiger partial charge in [0.15, 0.2) is 5.82 Å². The van der Waals surface area contributed by atoms with Crippen molar-refractivity contribution < 1.29 is 9.26 Å². The first-order chi connectivity index (χ1) is 5.71. The number of ether oxygens (including phenoxy) is 1. The molecule has 1 fully saturated rings. The molecule has 2 rings (SSSR count). The molecule has 0 N–H and O–H groups in total. The average molecular weight is 233 g/mol. The standard InChI is InChI=1S/C7H9BrN2O2/c1-7(2-3-11-4-7)5-9-6(8)12-10-5/h2-4H2,1H3. The van der Waals surface area contributed by atoms with Crippen molar-refractivity contribution in [3.8, 4) is 0 Å². The lowest BCUT2D eigenvalue weighted by molar-refractivity contribution is 0.178. The number of hydrogen-bond donors (Lipinski definition) is 0. The first-order valence-corrected chi connectivity index (χ1v) is 4.57. The SMILES string of the molecule is CC1(c2noc(Br)n2)CCOC1. The van der Waals surface area contributed by atoms with Crippen molar-refractivity contribution in [3.05, 3.63) is 10.6 Å². The third-order valence-corrected chi connectivity index (χ3v) is 2.48. The Morgan fingerprint density at radius 3 is 2.92 bits per heavy atom. The van der Waals surface area contributed by atoms with Crippen LogP contribution in [0.5, 0.6) is 0 Å². The zero-order valence-electron chi connectivity index (χ0n) is 6.71. The Kier molecular flexibility index (Phi) is 1.92. The van der Waals surface area contributed by atoms with Gasteiger partial charge in [0.1, 0.15) is 0 Å². The first-order valence-electron chi connectivity index (χ1n) is 3.78. The van der Waals surface area contributed by atoms with Gasteiger partial charge < -0.3 is 9.26 Å². The molecular weight excluding hydrogens is 224 g/mol. The second-order valence-electron chi connectivity index (χ2n) is 3.23. The maximum absolute atomic E-state index is 5.29. The van der Waals surface area contributed by atoms with Crippen LogP contribution < -0.4 is 0 Å². The Balaban J connectivity index is 2.28. The van der Waals surface area contributed by atoms with Crippen molar-refractivity contribution in [2.24, 2.45) is 0 Å². The quantitative estimate of drug-likeness (QED) is 0.737. The fourth-order valence-corrected chi connectivity index (χ4v) is 1.53.